The van der Waals surface area contributed by atoms with E-state index in [0.29, 0.717) is 0 Å². The molecular weight excluding hydrogens is 250 g/mol. The Balaban J connectivity index is 1.66. The lowest BCUT2D eigenvalue weighted by Crippen LogP contribution is -2.31. The number of aromatic nitrogens is 4. The molecule has 0 aliphatic carbocycles. The van der Waals surface area contributed by atoms with E-state index in [4.69, 9.17) is 0 Å². The third kappa shape index (κ3) is 2.88. The second-order valence-electron chi connectivity index (χ2n) is 5.40. The average molecular weight is 271 g/mol. The van der Waals surface area contributed by atoms with Crippen molar-refractivity contribution in [1.29, 1.82) is 0 Å². The molecule has 0 N–H and O–H groups in total. The Labute approximate surface area is 119 Å². The van der Waals surface area contributed by atoms with Crippen molar-refractivity contribution < 1.29 is 0 Å². The van der Waals surface area contributed by atoms with Gasteiger partial charge in [-0.05, 0) is 34.4 Å². The number of hydrogen-bond acceptors (Lipinski definition) is 4. The van der Waals surface area contributed by atoms with Gasteiger partial charge in [-0.1, -0.05) is 37.6 Å². The number of nitrogens with zero attached hydrogens (tertiary/aromatic N) is 5. The Morgan fingerprint density at radius 2 is 2.05 bits per heavy atom. The number of aryl methyl sites for hydroxylation is 1. The third-order valence-electron chi connectivity index (χ3n) is 3.90. The molecule has 1 aliphatic rings. The standard InChI is InChI=1S/C15H21N5/c1-2-3-9-20-15(16-17-18-20)12-19-10-8-13-6-4-5-7-14(13)11-19/h4-7H,2-3,8-12H2,1H3. The summed E-state index contributed by atoms with van der Waals surface area (Å²) in [6, 6.07) is 8.70. The number of rotatable bonds is 5. The zero-order valence-electron chi connectivity index (χ0n) is 12.0. The molecule has 0 saturated carbocycles. The fraction of sp³-hybridized carbons (Fsp3) is 0.533. The quantitative estimate of drug-likeness (QED) is 0.835. The molecule has 0 atom stereocenters. The lowest BCUT2D eigenvalue weighted by atomic mass is 10.00. The van der Waals surface area contributed by atoms with E-state index in [1.54, 1.807) is 0 Å². The smallest absolute Gasteiger partial charge is 0.165 e. The Hall–Kier alpha value is -1.75. The molecule has 2 heterocycles. The van der Waals surface area contributed by atoms with Crippen LogP contribution in [0, 0.1) is 0 Å². The number of unbranched alkanes of at least 4 members (excludes halogenated alkanes) is 1. The Morgan fingerprint density at radius 1 is 1.20 bits per heavy atom. The van der Waals surface area contributed by atoms with Gasteiger partial charge in [-0.3, -0.25) is 4.90 Å². The minimum Gasteiger partial charge on any atom is -0.291 e. The zero-order chi connectivity index (χ0) is 13.8. The highest BCUT2D eigenvalue weighted by atomic mass is 15.5. The molecule has 0 fully saturated rings. The maximum atomic E-state index is 4.18. The summed E-state index contributed by atoms with van der Waals surface area (Å²) in [6.07, 6.45) is 3.41. The summed E-state index contributed by atoms with van der Waals surface area (Å²) in [7, 11) is 0. The van der Waals surface area contributed by atoms with Crippen molar-refractivity contribution >= 4 is 0 Å². The van der Waals surface area contributed by atoms with Gasteiger partial charge in [-0.15, -0.1) is 5.10 Å². The van der Waals surface area contributed by atoms with Crippen molar-refractivity contribution in [1.82, 2.24) is 25.1 Å². The van der Waals surface area contributed by atoms with E-state index in [-0.39, 0.29) is 0 Å². The predicted molar refractivity (Wildman–Crippen MR) is 77.0 cm³/mol. The Kier molecular flexibility index (Phi) is 4.06. The van der Waals surface area contributed by atoms with Crippen LogP contribution in [0.25, 0.3) is 0 Å². The number of hydrogen-bond donors (Lipinski definition) is 0. The van der Waals surface area contributed by atoms with Crippen LogP contribution in [0.15, 0.2) is 24.3 Å². The first kappa shape index (κ1) is 13.2. The van der Waals surface area contributed by atoms with Gasteiger partial charge in [0.15, 0.2) is 5.82 Å². The molecule has 1 aromatic carbocycles. The van der Waals surface area contributed by atoms with Crippen LogP contribution in [-0.2, 0) is 26.1 Å². The summed E-state index contributed by atoms with van der Waals surface area (Å²) >= 11 is 0. The molecule has 0 saturated heterocycles. The van der Waals surface area contributed by atoms with Crippen LogP contribution in [0.3, 0.4) is 0 Å². The third-order valence-corrected chi connectivity index (χ3v) is 3.90. The first-order valence-corrected chi connectivity index (χ1v) is 7.41. The van der Waals surface area contributed by atoms with Crippen LogP contribution in [-0.4, -0.2) is 31.7 Å². The SMILES string of the molecule is CCCCn1nnnc1CN1CCc2ccccc2C1. The lowest BCUT2D eigenvalue weighted by Gasteiger charge is -2.28. The molecule has 5 heteroatoms. The molecule has 0 unspecified atom stereocenters. The topological polar surface area (TPSA) is 46.8 Å². The first-order valence-electron chi connectivity index (χ1n) is 7.41. The van der Waals surface area contributed by atoms with Crippen LogP contribution >= 0.6 is 0 Å². The molecule has 0 bridgehead atoms. The van der Waals surface area contributed by atoms with Crippen molar-refractivity contribution in [3.05, 3.63) is 41.2 Å². The molecular formula is C15H21N5. The van der Waals surface area contributed by atoms with E-state index in [2.05, 4.69) is 51.6 Å². The van der Waals surface area contributed by atoms with Crippen LogP contribution in [0.5, 0.6) is 0 Å². The van der Waals surface area contributed by atoms with Crippen LogP contribution in [0.1, 0.15) is 36.7 Å². The molecule has 106 valence electrons. The van der Waals surface area contributed by atoms with Gasteiger partial charge < -0.3 is 0 Å². The van der Waals surface area contributed by atoms with E-state index in [0.717, 1.165) is 51.3 Å². The second kappa shape index (κ2) is 6.13. The minimum absolute atomic E-state index is 0.838. The normalized spacial score (nSPS) is 15.2. The Bertz CT molecular complexity index is 563. The predicted octanol–water partition coefficient (Wildman–Crippen LogP) is 2.03. The number of fused-ring (bicyclic) bond motifs is 1. The molecule has 1 aromatic heterocycles. The van der Waals surface area contributed by atoms with Crippen LogP contribution in [0.4, 0.5) is 0 Å². The molecule has 20 heavy (non-hydrogen) atoms. The molecule has 3 rings (SSSR count). The first-order chi connectivity index (χ1) is 9.86. The van der Waals surface area contributed by atoms with Crippen LogP contribution < -0.4 is 0 Å². The summed E-state index contributed by atoms with van der Waals surface area (Å²) in [5.41, 5.74) is 2.92. The molecule has 0 amide bonds. The average Bonchev–Trinajstić information content (AvgIpc) is 2.92. The van der Waals surface area contributed by atoms with E-state index >= 15 is 0 Å². The van der Waals surface area contributed by atoms with Crippen molar-refractivity contribution in [2.45, 2.75) is 45.8 Å². The molecule has 5 nitrogen and oxygen atoms in total. The fourth-order valence-electron chi connectivity index (χ4n) is 2.71. The summed E-state index contributed by atoms with van der Waals surface area (Å²) in [4.78, 5) is 2.43. The van der Waals surface area contributed by atoms with Crippen LogP contribution in [0.2, 0.25) is 0 Å². The second-order valence-corrected chi connectivity index (χ2v) is 5.40. The highest BCUT2D eigenvalue weighted by Crippen LogP contribution is 2.19. The maximum absolute atomic E-state index is 4.18. The van der Waals surface area contributed by atoms with E-state index < -0.39 is 0 Å². The maximum Gasteiger partial charge on any atom is 0.165 e. The number of tetrazole rings is 1. The largest absolute Gasteiger partial charge is 0.291 e. The van der Waals surface area contributed by atoms with Gasteiger partial charge in [0, 0.05) is 19.6 Å². The van der Waals surface area contributed by atoms with Crippen molar-refractivity contribution in [3.8, 4) is 0 Å². The summed E-state index contributed by atoms with van der Waals surface area (Å²) in [5, 5.41) is 12.1. The molecule has 2 aromatic rings. The van der Waals surface area contributed by atoms with Gasteiger partial charge in [-0.2, -0.15) is 0 Å². The van der Waals surface area contributed by atoms with Crippen molar-refractivity contribution in [2.75, 3.05) is 6.54 Å². The summed E-state index contributed by atoms with van der Waals surface area (Å²) < 4.78 is 1.95. The highest BCUT2D eigenvalue weighted by Gasteiger charge is 2.18. The van der Waals surface area contributed by atoms with Gasteiger partial charge in [0.2, 0.25) is 0 Å². The number of benzene rings is 1. The molecule has 1 aliphatic heterocycles. The fourth-order valence-corrected chi connectivity index (χ4v) is 2.71. The van der Waals surface area contributed by atoms with E-state index in [1.807, 2.05) is 4.68 Å². The monoisotopic (exact) mass is 271 g/mol. The van der Waals surface area contributed by atoms with Crippen molar-refractivity contribution in [2.24, 2.45) is 0 Å². The van der Waals surface area contributed by atoms with E-state index in [9.17, 15) is 0 Å². The minimum atomic E-state index is 0.838. The summed E-state index contributed by atoms with van der Waals surface area (Å²) in [5.74, 6) is 0.984. The summed E-state index contributed by atoms with van der Waals surface area (Å²) in [6.45, 7) is 6.02. The van der Waals surface area contributed by atoms with E-state index in [1.165, 1.54) is 11.1 Å². The zero-order valence-corrected chi connectivity index (χ0v) is 12.0. The van der Waals surface area contributed by atoms with Gasteiger partial charge >= 0.3 is 0 Å². The van der Waals surface area contributed by atoms with Gasteiger partial charge in [-0.25, -0.2) is 4.68 Å². The van der Waals surface area contributed by atoms with Gasteiger partial charge in [0.25, 0.3) is 0 Å². The van der Waals surface area contributed by atoms with Crippen molar-refractivity contribution in [3.63, 3.8) is 0 Å². The molecule has 0 radical (unpaired) electrons. The highest BCUT2D eigenvalue weighted by molar-refractivity contribution is 5.29. The van der Waals surface area contributed by atoms with Gasteiger partial charge in [0.1, 0.15) is 0 Å². The van der Waals surface area contributed by atoms with Gasteiger partial charge in [0.05, 0.1) is 6.54 Å². The lowest BCUT2D eigenvalue weighted by molar-refractivity contribution is 0.234. The molecule has 0 spiro atoms. The Morgan fingerprint density at radius 3 is 2.90 bits per heavy atom.